The Bertz CT molecular complexity index is 366. The highest BCUT2D eigenvalue weighted by Crippen LogP contribution is 2.25. The normalized spacial score (nSPS) is 13.9. The molecule has 1 aromatic rings. The van der Waals surface area contributed by atoms with Crippen LogP contribution < -0.4 is 0 Å². The quantitative estimate of drug-likeness (QED) is 0.439. The summed E-state index contributed by atoms with van der Waals surface area (Å²) in [6.45, 7) is 6.69. The van der Waals surface area contributed by atoms with Gasteiger partial charge in [0.2, 0.25) is 0 Å². The van der Waals surface area contributed by atoms with Crippen LogP contribution in [0.5, 0.6) is 0 Å². The lowest BCUT2D eigenvalue weighted by molar-refractivity contribution is 0.636. The average Bonchev–Trinajstić information content (AvgIpc) is 2.43. The zero-order valence-corrected chi connectivity index (χ0v) is 12.0. The first-order chi connectivity index (χ1) is 8.72. The highest BCUT2D eigenvalue weighted by Gasteiger charge is 2.09. The molecule has 18 heavy (non-hydrogen) atoms. The van der Waals surface area contributed by atoms with Crippen LogP contribution >= 0.6 is 0 Å². The van der Waals surface area contributed by atoms with Crippen LogP contribution in [0.4, 0.5) is 0 Å². The molecule has 0 heterocycles. The van der Waals surface area contributed by atoms with E-state index in [-0.39, 0.29) is 5.92 Å². The van der Waals surface area contributed by atoms with Crippen molar-refractivity contribution in [3.8, 4) is 5.92 Å². The molecule has 0 saturated heterocycles. The predicted molar refractivity (Wildman–Crippen MR) is 79.2 cm³/mol. The molecule has 0 aromatic heterocycles. The first kappa shape index (κ1) is 14.8. The zero-order valence-electron chi connectivity index (χ0n) is 12.0. The molecular weight excluding hydrogens is 216 g/mol. The summed E-state index contributed by atoms with van der Waals surface area (Å²) in [4.78, 5) is 0. The molecule has 0 aliphatic rings. The molecule has 0 bridgehead atoms. The van der Waals surface area contributed by atoms with Crippen LogP contribution in [0.15, 0.2) is 24.3 Å². The topological polar surface area (TPSA) is 0 Å². The van der Waals surface area contributed by atoms with Gasteiger partial charge in [0.05, 0.1) is 0 Å². The first-order valence-electron chi connectivity index (χ1n) is 7.25. The summed E-state index contributed by atoms with van der Waals surface area (Å²) in [7, 11) is 0. The predicted octanol–water partition coefficient (Wildman–Crippen LogP) is 5.45. The van der Waals surface area contributed by atoms with E-state index in [4.69, 9.17) is 6.42 Å². The van der Waals surface area contributed by atoms with Gasteiger partial charge in [-0.05, 0) is 36.3 Å². The van der Waals surface area contributed by atoms with Crippen molar-refractivity contribution in [2.24, 2.45) is 0 Å². The third-order valence-corrected chi connectivity index (χ3v) is 3.79. The van der Waals surface area contributed by atoms with Crippen LogP contribution in [0.2, 0.25) is 0 Å². The second-order valence-electron chi connectivity index (χ2n) is 5.17. The van der Waals surface area contributed by atoms with Crippen molar-refractivity contribution >= 4 is 0 Å². The third kappa shape index (κ3) is 4.22. The van der Waals surface area contributed by atoms with E-state index in [9.17, 15) is 0 Å². The lowest BCUT2D eigenvalue weighted by atomic mass is 9.91. The van der Waals surface area contributed by atoms with Crippen LogP contribution in [0.3, 0.4) is 0 Å². The van der Waals surface area contributed by atoms with Crippen LogP contribution in [0, 0.1) is 12.3 Å². The number of benzene rings is 1. The van der Waals surface area contributed by atoms with E-state index in [0.717, 1.165) is 6.42 Å². The van der Waals surface area contributed by atoms with E-state index >= 15 is 0 Å². The van der Waals surface area contributed by atoms with Gasteiger partial charge in [-0.1, -0.05) is 70.2 Å². The van der Waals surface area contributed by atoms with Gasteiger partial charge in [-0.15, -0.1) is 0 Å². The van der Waals surface area contributed by atoms with Gasteiger partial charge in [-0.25, -0.2) is 0 Å². The number of hydrogen-bond donors (Lipinski definition) is 0. The molecule has 0 nitrogen and oxygen atoms in total. The third-order valence-electron chi connectivity index (χ3n) is 3.79. The van der Waals surface area contributed by atoms with Crippen LogP contribution in [-0.2, 0) is 0 Å². The van der Waals surface area contributed by atoms with Crippen molar-refractivity contribution in [3.05, 3.63) is 41.8 Å². The molecule has 2 unspecified atom stereocenters. The van der Waals surface area contributed by atoms with Crippen molar-refractivity contribution < 1.29 is 0 Å². The molecule has 1 rings (SSSR count). The lowest BCUT2D eigenvalue weighted by Crippen LogP contribution is -1.97. The summed E-state index contributed by atoms with van der Waals surface area (Å²) in [5.41, 5.74) is 2.65. The largest absolute Gasteiger partial charge is 0.0809 e. The summed E-state index contributed by atoms with van der Waals surface area (Å²) >= 11 is 0. The van der Waals surface area contributed by atoms with Gasteiger partial charge >= 0.3 is 0 Å². The molecule has 97 valence electrons. The standard InChI is InChI=1S/C18H25/c1-5-8-9-10-16(7-3)18-13-11-17(12-14-18)15(4)6-2/h11-16H,5-6,8-10H2,1-2,4H3. The van der Waals surface area contributed by atoms with Crippen molar-refractivity contribution in [2.75, 3.05) is 0 Å². The average molecular weight is 241 g/mol. The minimum absolute atomic E-state index is 0.183. The fraction of sp³-hybridized carbons (Fsp3) is 0.556. The van der Waals surface area contributed by atoms with Gasteiger partial charge in [0.25, 0.3) is 0 Å². The van der Waals surface area contributed by atoms with Gasteiger partial charge < -0.3 is 0 Å². The Morgan fingerprint density at radius 2 is 1.67 bits per heavy atom. The maximum atomic E-state index is 7.46. The monoisotopic (exact) mass is 241 g/mol. The molecule has 0 fully saturated rings. The SMILES string of the molecule is [C]#CC(CCCCC)c1ccc(C(C)CC)cc1. The summed E-state index contributed by atoms with van der Waals surface area (Å²) < 4.78 is 0. The molecule has 0 heteroatoms. The molecule has 0 spiro atoms. The maximum Gasteiger partial charge on any atom is 0.0462 e. The first-order valence-corrected chi connectivity index (χ1v) is 7.25. The van der Waals surface area contributed by atoms with Gasteiger partial charge in [0.1, 0.15) is 0 Å². The van der Waals surface area contributed by atoms with Gasteiger partial charge in [-0.2, -0.15) is 0 Å². The molecule has 0 N–H and O–H groups in total. The summed E-state index contributed by atoms with van der Waals surface area (Å²) in [6.07, 6.45) is 13.4. The fourth-order valence-electron chi connectivity index (χ4n) is 2.21. The number of unbranched alkanes of at least 4 members (excludes halogenated alkanes) is 2. The Morgan fingerprint density at radius 3 is 2.17 bits per heavy atom. The molecular formula is C18H25. The summed E-state index contributed by atoms with van der Waals surface area (Å²) in [6, 6.07) is 8.79. The van der Waals surface area contributed by atoms with Crippen LogP contribution in [-0.4, -0.2) is 0 Å². The van der Waals surface area contributed by atoms with Crippen LogP contribution in [0.25, 0.3) is 0 Å². The van der Waals surface area contributed by atoms with Crippen molar-refractivity contribution in [1.82, 2.24) is 0 Å². The highest BCUT2D eigenvalue weighted by molar-refractivity contribution is 5.30. The molecule has 0 aliphatic heterocycles. The maximum absolute atomic E-state index is 7.46. The second kappa shape index (κ2) is 7.98. The highest BCUT2D eigenvalue weighted by atomic mass is 14.1. The Labute approximate surface area is 113 Å². The molecule has 0 amide bonds. The van der Waals surface area contributed by atoms with Crippen molar-refractivity contribution in [2.45, 2.75) is 64.7 Å². The molecule has 0 aliphatic carbocycles. The Hall–Kier alpha value is -1.22. The fourth-order valence-corrected chi connectivity index (χ4v) is 2.21. The summed E-state index contributed by atoms with van der Waals surface area (Å²) in [5.74, 6) is 3.50. The van der Waals surface area contributed by atoms with E-state index in [2.05, 4.69) is 51.0 Å². The van der Waals surface area contributed by atoms with Crippen molar-refractivity contribution in [3.63, 3.8) is 0 Å². The lowest BCUT2D eigenvalue weighted by Gasteiger charge is -2.13. The Kier molecular flexibility index (Phi) is 6.58. The van der Waals surface area contributed by atoms with Crippen LogP contribution in [0.1, 0.15) is 75.8 Å². The smallest absolute Gasteiger partial charge is 0.0462 e. The number of rotatable bonds is 7. The zero-order chi connectivity index (χ0) is 13.4. The molecule has 1 aromatic carbocycles. The van der Waals surface area contributed by atoms with E-state index in [1.807, 2.05) is 0 Å². The Morgan fingerprint density at radius 1 is 1.06 bits per heavy atom. The van der Waals surface area contributed by atoms with E-state index in [1.54, 1.807) is 0 Å². The van der Waals surface area contributed by atoms with Gasteiger partial charge in [0.15, 0.2) is 0 Å². The Balaban J connectivity index is 2.67. The molecule has 2 atom stereocenters. The minimum atomic E-state index is 0.183. The molecule has 0 saturated carbocycles. The van der Waals surface area contributed by atoms with Gasteiger partial charge in [-0.3, -0.25) is 0 Å². The van der Waals surface area contributed by atoms with E-state index in [1.165, 1.54) is 36.8 Å². The van der Waals surface area contributed by atoms with Crippen molar-refractivity contribution in [1.29, 1.82) is 0 Å². The van der Waals surface area contributed by atoms with E-state index in [0.29, 0.717) is 5.92 Å². The number of hydrogen-bond acceptors (Lipinski definition) is 0. The van der Waals surface area contributed by atoms with Gasteiger partial charge in [0, 0.05) is 5.92 Å². The minimum Gasteiger partial charge on any atom is -0.0809 e. The van der Waals surface area contributed by atoms with E-state index < -0.39 is 0 Å². The summed E-state index contributed by atoms with van der Waals surface area (Å²) in [5, 5.41) is 0. The second-order valence-corrected chi connectivity index (χ2v) is 5.17. The molecule has 1 radical (unpaired) electrons.